The highest BCUT2D eigenvalue weighted by Crippen LogP contribution is 2.13. The molecule has 0 saturated carbocycles. The van der Waals surface area contributed by atoms with Crippen LogP contribution in [0.2, 0.25) is 0 Å². The fraction of sp³-hybridized carbons (Fsp3) is 0.417. The Balaban J connectivity index is 1.90. The van der Waals surface area contributed by atoms with Gasteiger partial charge in [0.1, 0.15) is 11.6 Å². The average molecular weight is 300 g/mol. The minimum atomic E-state index is -3.38. The first-order valence-corrected chi connectivity index (χ1v) is 7.64. The van der Waals surface area contributed by atoms with Gasteiger partial charge in [-0.25, -0.2) is 14.1 Å². The van der Waals surface area contributed by atoms with Gasteiger partial charge in [0.25, 0.3) is 10.2 Å². The summed E-state index contributed by atoms with van der Waals surface area (Å²) in [5, 5.41) is 0. The molecule has 0 aliphatic carbocycles. The van der Waals surface area contributed by atoms with Crippen LogP contribution in [0.15, 0.2) is 18.2 Å². The molecule has 1 aromatic heterocycles. The number of hydrogen-bond donors (Lipinski definition) is 2. The normalized spacial score (nSPS) is 12.4. The van der Waals surface area contributed by atoms with E-state index < -0.39 is 10.2 Å². The number of nitrogens with zero attached hydrogens (tertiary/aromatic N) is 2. The molecule has 0 radical (unpaired) electrons. The molecule has 1 aromatic carbocycles. The Labute approximate surface area is 117 Å². The van der Waals surface area contributed by atoms with Crippen LogP contribution in [0, 0.1) is 5.82 Å². The van der Waals surface area contributed by atoms with Crippen molar-refractivity contribution in [1.29, 1.82) is 0 Å². The van der Waals surface area contributed by atoms with E-state index in [9.17, 15) is 12.8 Å². The Hall–Kier alpha value is -1.51. The zero-order valence-electron chi connectivity index (χ0n) is 11.4. The Morgan fingerprint density at radius 2 is 2.15 bits per heavy atom. The van der Waals surface area contributed by atoms with Gasteiger partial charge in [0.2, 0.25) is 0 Å². The van der Waals surface area contributed by atoms with Crippen LogP contribution in [-0.4, -0.2) is 43.3 Å². The number of halogens is 1. The summed E-state index contributed by atoms with van der Waals surface area (Å²) in [6.45, 7) is 0.325. The van der Waals surface area contributed by atoms with Gasteiger partial charge in [-0.2, -0.15) is 12.7 Å². The topological polar surface area (TPSA) is 78.1 Å². The molecular weight excluding hydrogens is 283 g/mol. The lowest BCUT2D eigenvalue weighted by Crippen LogP contribution is -2.36. The summed E-state index contributed by atoms with van der Waals surface area (Å²) in [6, 6.07) is 4.36. The minimum Gasteiger partial charge on any atom is -0.342 e. The maximum absolute atomic E-state index is 13.0. The first kappa shape index (κ1) is 14.9. The molecule has 0 bridgehead atoms. The number of imidazole rings is 1. The predicted molar refractivity (Wildman–Crippen MR) is 75.0 cm³/mol. The van der Waals surface area contributed by atoms with Gasteiger partial charge in [-0.3, -0.25) is 0 Å². The molecule has 0 aliphatic heterocycles. The zero-order chi connectivity index (χ0) is 14.8. The molecule has 0 fully saturated rings. The van der Waals surface area contributed by atoms with Crippen LogP contribution in [0.4, 0.5) is 4.39 Å². The van der Waals surface area contributed by atoms with Gasteiger partial charge < -0.3 is 4.98 Å². The van der Waals surface area contributed by atoms with Crippen LogP contribution in [-0.2, 0) is 16.6 Å². The molecule has 20 heavy (non-hydrogen) atoms. The van der Waals surface area contributed by atoms with E-state index >= 15 is 0 Å². The summed E-state index contributed by atoms with van der Waals surface area (Å²) < 4.78 is 39.6. The fourth-order valence-electron chi connectivity index (χ4n) is 1.74. The molecule has 110 valence electrons. The van der Waals surface area contributed by atoms with Crippen LogP contribution >= 0.6 is 0 Å². The lowest BCUT2D eigenvalue weighted by molar-refractivity contribution is 0.504. The maximum atomic E-state index is 13.0. The monoisotopic (exact) mass is 300 g/mol. The van der Waals surface area contributed by atoms with Crippen molar-refractivity contribution in [3.05, 3.63) is 29.8 Å². The van der Waals surface area contributed by atoms with Gasteiger partial charge in [-0.1, -0.05) is 0 Å². The van der Waals surface area contributed by atoms with Crippen LogP contribution < -0.4 is 4.72 Å². The maximum Gasteiger partial charge on any atom is 0.278 e. The molecule has 0 aliphatic rings. The number of aromatic amines is 1. The van der Waals surface area contributed by atoms with Gasteiger partial charge in [0.15, 0.2) is 0 Å². The molecule has 2 N–H and O–H groups in total. The van der Waals surface area contributed by atoms with Gasteiger partial charge >= 0.3 is 0 Å². The van der Waals surface area contributed by atoms with Crippen molar-refractivity contribution < 1.29 is 12.8 Å². The second-order valence-electron chi connectivity index (χ2n) is 4.63. The van der Waals surface area contributed by atoms with E-state index in [0.717, 1.165) is 10.1 Å². The molecule has 0 unspecified atom stereocenters. The van der Waals surface area contributed by atoms with Crippen molar-refractivity contribution in [2.24, 2.45) is 0 Å². The highest BCUT2D eigenvalue weighted by molar-refractivity contribution is 7.87. The van der Waals surface area contributed by atoms with Crippen LogP contribution in [0.25, 0.3) is 11.0 Å². The molecule has 0 spiro atoms. The second kappa shape index (κ2) is 5.86. The number of hydrogen-bond acceptors (Lipinski definition) is 3. The van der Waals surface area contributed by atoms with E-state index in [1.165, 1.54) is 26.2 Å². The number of aromatic nitrogens is 2. The summed E-state index contributed by atoms with van der Waals surface area (Å²) >= 11 is 0. The van der Waals surface area contributed by atoms with E-state index in [2.05, 4.69) is 14.7 Å². The number of rotatable bonds is 6. The first-order valence-electron chi connectivity index (χ1n) is 6.20. The number of aryl methyl sites for hydroxylation is 1. The highest BCUT2D eigenvalue weighted by Gasteiger charge is 2.11. The fourth-order valence-corrected chi connectivity index (χ4v) is 2.40. The lowest BCUT2D eigenvalue weighted by Gasteiger charge is -2.11. The molecule has 8 heteroatoms. The number of fused-ring (bicyclic) bond motifs is 1. The van der Waals surface area contributed by atoms with Crippen LogP contribution in [0.1, 0.15) is 12.2 Å². The minimum absolute atomic E-state index is 0.313. The van der Waals surface area contributed by atoms with Crippen molar-refractivity contribution >= 4 is 21.2 Å². The van der Waals surface area contributed by atoms with Crippen LogP contribution in [0.5, 0.6) is 0 Å². The lowest BCUT2D eigenvalue weighted by atomic mass is 10.3. The van der Waals surface area contributed by atoms with Crippen molar-refractivity contribution in [2.45, 2.75) is 12.8 Å². The van der Waals surface area contributed by atoms with Gasteiger partial charge in [-0.15, -0.1) is 0 Å². The van der Waals surface area contributed by atoms with Gasteiger partial charge in [0, 0.05) is 27.1 Å². The predicted octanol–water partition coefficient (Wildman–Crippen LogP) is 1.03. The van der Waals surface area contributed by atoms with E-state index in [1.54, 1.807) is 6.07 Å². The third-order valence-corrected chi connectivity index (χ3v) is 4.38. The van der Waals surface area contributed by atoms with Gasteiger partial charge in [-0.05, 0) is 24.6 Å². The second-order valence-corrected chi connectivity index (χ2v) is 6.60. The molecule has 0 amide bonds. The zero-order valence-corrected chi connectivity index (χ0v) is 12.2. The van der Waals surface area contributed by atoms with E-state index in [-0.39, 0.29) is 5.82 Å². The quantitative estimate of drug-likeness (QED) is 0.782. The SMILES string of the molecule is CN(C)S(=O)(=O)NCCCc1nc2ccc(F)cc2[nH]1. The molecule has 0 atom stereocenters. The van der Waals surface area contributed by atoms with E-state index in [0.29, 0.717) is 30.4 Å². The molecule has 0 saturated heterocycles. The molecular formula is C12H17FN4O2S. The smallest absolute Gasteiger partial charge is 0.278 e. The van der Waals surface area contributed by atoms with Crippen LogP contribution in [0.3, 0.4) is 0 Å². The van der Waals surface area contributed by atoms with Crippen molar-refractivity contribution in [2.75, 3.05) is 20.6 Å². The largest absolute Gasteiger partial charge is 0.342 e. The standard InChI is InChI=1S/C12H17FN4O2S/c1-17(2)20(18,19)14-7-3-4-12-15-10-6-5-9(13)8-11(10)16-12/h5-6,8,14H,3-4,7H2,1-2H3,(H,15,16). The molecule has 2 aromatic rings. The Bertz CT molecular complexity index is 697. The summed E-state index contributed by atoms with van der Waals surface area (Å²) in [6.07, 6.45) is 1.20. The number of H-pyrrole nitrogens is 1. The summed E-state index contributed by atoms with van der Waals surface area (Å²) in [4.78, 5) is 7.33. The Morgan fingerprint density at radius 3 is 2.85 bits per heavy atom. The molecule has 2 rings (SSSR count). The number of benzene rings is 1. The average Bonchev–Trinajstić information content (AvgIpc) is 2.76. The number of nitrogens with one attached hydrogen (secondary N) is 2. The van der Waals surface area contributed by atoms with Crippen molar-refractivity contribution in [3.8, 4) is 0 Å². The van der Waals surface area contributed by atoms with E-state index in [1.807, 2.05) is 0 Å². The third-order valence-electron chi connectivity index (χ3n) is 2.85. The summed E-state index contributed by atoms with van der Waals surface area (Å²) in [5.41, 5.74) is 1.35. The summed E-state index contributed by atoms with van der Waals surface area (Å²) in [5.74, 6) is 0.404. The van der Waals surface area contributed by atoms with E-state index in [4.69, 9.17) is 0 Å². The van der Waals surface area contributed by atoms with Gasteiger partial charge in [0.05, 0.1) is 11.0 Å². The molecule has 1 heterocycles. The summed E-state index contributed by atoms with van der Waals surface area (Å²) in [7, 11) is -0.443. The Kier molecular flexibility index (Phi) is 4.36. The van der Waals surface area contributed by atoms with Crippen molar-refractivity contribution in [1.82, 2.24) is 19.0 Å². The first-order chi connectivity index (χ1) is 9.38. The highest BCUT2D eigenvalue weighted by atomic mass is 32.2. The Morgan fingerprint density at radius 1 is 1.40 bits per heavy atom. The third kappa shape index (κ3) is 3.53. The molecule has 6 nitrogen and oxygen atoms in total. The van der Waals surface area contributed by atoms with Crippen molar-refractivity contribution in [3.63, 3.8) is 0 Å².